The zero-order chi connectivity index (χ0) is 10.6. The van der Waals surface area contributed by atoms with E-state index in [4.69, 9.17) is 0 Å². The maximum Gasteiger partial charge on any atom is 0.0956 e. The number of allylic oxidation sites excluding steroid dienone is 1. The number of likely N-dealkylation sites (N-methyl/N-ethyl adjacent to an activating group) is 1. The lowest BCUT2D eigenvalue weighted by Crippen LogP contribution is -2.46. The van der Waals surface area contributed by atoms with Crippen LogP contribution in [0.4, 0.5) is 4.39 Å². The van der Waals surface area contributed by atoms with E-state index in [1.807, 2.05) is 20.2 Å². The van der Waals surface area contributed by atoms with Crippen molar-refractivity contribution in [3.8, 4) is 0 Å². The second-order valence-electron chi connectivity index (χ2n) is 4.08. The van der Waals surface area contributed by atoms with Crippen molar-refractivity contribution in [2.75, 3.05) is 40.4 Å². The van der Waals surface area contributed by atoms with E-state index in [9.17, 15) is 4.39 Å². The standard InChI is InChI=1S/C11H19FN2/c1-10(5-4-6-13(2)3)14-8-11(7-12)9-14/h4-5,11H,1,6-9H2,2-3H3/b5-4+. The third kappa shape index (κ3) is 3.14. The minimum absolute atomic E-state index is 0.203. The predicted molar refractivity (Wildman–Crippen MR) is 57.9 cm³/mol. The van der Waals surface area contributed by atoms with Crippen LogP contribution in [-0.4, -0.2) is 50.2 Å². The van der Waals surface area contributed by atoms with Gasteiger partial charge in [-0.3, -0.25) is 4.39 Å². The molecule has 1 heterocycles. The minimum atomic E-state index is -0.203. The summed E-state index contributed by atoms with van der Waals surface area (Å²) in [6.07, 6.45) is 4.08. The Morgan fingerprint density at radius 1 is 1.57 bits per heavy atom. The van der Waals surface area contributed by atoms with Crippen molar-refractivity contribution in [1.82, 2.24) is 9.80 Å². The van der Waals surface area contributed by atoms with E-state index in [1.54, 1.807) is 0 Å². The number of likely N-dealkylation sites (tertiary alicyclic amines) is 1. The van der Waals surface area contributed by atoms with Crippen molar-refractivity contribution in [2.24, 2.45) is 5.92 Å². The van der Waals surface area contributed by atoms with E-state index >= 15 is 0 Å². The molecular weight excluding hydrogens is 179 g/mol. The van der Waals surface area contributed by atoms with Crippen molar-refractivity contribution in [3.63, 3.8) is 0 Å². The highest BCUT2D eigenvalue weighted by atomic mass is 19.1. The molecule has 1 saturated heterocycles. The van der Waals surface area contributed by atoms with E-state index in [0.717, 1.165) is 25.3 Å². The molecule has 1 aliphatic heterocycles. The van der Waals surface area contributed by atoms with Gasteiger partial charge in [0.25, 0.3) is 0 Å². The van der Waals surface area contributed by atoms with Gasteiger partial charge in [0, 0.05) is 31.2 Å². The molecule has 0 amide bonds. The van der Waals surface area contributed by atoms with Crippen LogP contribution in [0, 0.1) is 5.92 Å². The number of alkyl halides is 1. The molecule has 0 saturated carbocycles. The summed E-state index contributed by atoms with van der Waals surface area (Å²) in [6, 6.07) is 0. The van der Waals surface area contributed by atoms with Crippen LogP contribution in [0.1, 0.15) is 0 Å². The maximum absolute atomic E-state index is 12.2. The quantitative estimate of drug-likeness (QED) is 0.618. The summed E-state index contributed by atoms with van der Waals surface area (Å²) >= 11 is 0. The topological polar surface area (TPSA) is 6.48 Å². The number of hydrogen-bond donors (Lipinski definition) is 0. The molecule has 0 aliphatic carbocycles. The molecule has 14 heavy (non-hydrogen) atoms. The van der Waals surface area contributed by atoms with Crippen LogP contribution in [0.2, 0.25) is 0 Å². The van der Waals surface area contributed by atoms with E-state index in [1.165, 1.54) is 0 Å². The van der Waals surface area contributed by atoms with Gasteiger partial charge in [0.15, 0.2) is 0 Å². The van der Waals surface area contributed by atoms with Crippen molar-refractivity contribution in [3.05, 3.63) is 24.4 Å². The summed E-state index contributed by atoms with van der Waals surface area (Å²) in [5.41, 5.74) is 0.997. The number of rotatable bonds is 5. The van der Waals surface area contributed by atoms with Crippen molar-refractivity contribution in [2.45, 2.75) is 0 Å². The molecule has 0 spiro atoms. The van der Waals surface area contributed by atoms with Gasteiger partial charge >= 0.3 is 0 Å². The average molecular weight is 198 g/mol. The molecule has 0 aromatic heterocycles. The highest BCUT2D eigenvalue weighted by molar-refractivity contribution is 5.16. The fourth-order valence-corrected chi connectivity index (χ4v) is 1.41. The zero-order valence-electron chi connectivity index (χ0n) is 9.04. The van der Waals surface area contributed by atoms with Gasteiger partial charge in [-0.05, 0) is 20.2 Å². The molecule has 80 valence electrons. The highest BCUT2D eigenvalue weighted by Crippen LogP contribution is 2.20. The molecule has 0 aromatic carbocycles. The third-order valence-corrected chi connectivity index (χ3v) is 2.36. The van der Waals surface area contributed by atoms with Crippen LogP contribution < -0.4 is 0 Å². The Kier molecular flexibility index (Phi) is 4.14. The molecule has 0 bridgehead atoms. The lowest BCUT2D eigenvalue weighted by atomic mass is 10.0. The first kappa shape index (κ1) is 11.2. The lowest BCUT2D eigenvalue weighted by Gasteiger charge is -2.40. The van der Waals surface area contributed by atoms with Crippen LogP contribution in [-0.2, 0) is 0 Å². The number of hydrogen-bond acceptors (Lipinski definition) is 2. The van der Waals surface area contributed by atoms with Gasteiger partial charge in [-0.15, -0.1) is 0 Å². The van der Waals surface area contributed by atoms with Crippen molar-refractivity contribution in [1.29, 1.82) is 0 Å². The molecule has 0 N–H and O–H groups in total. The maximum atomic E-state index is 12.2. The van der Waals surface area contributed by atoms with Gasteiger partial charge in [-0.2, -0.15) is 0 Å². The minimum Gasteiger partial charge on any atom is -0.371 e. The van der Waals surface area contributed by atoms with Crippen LogP contribution >= 0.6 is 0 Å². The zero-order valence-corrected chi connectivity index (χ0v) is 9.04. The molecule has 2 nitrogen and oxygen atoms in total. The second kappa shape index (κ2) is 5.15. The molecule has 1 rings (SSSR count). The Hall–Kier alpha value is -0.830. The summed E-state index contributed by atoms with van der Waals surface area (Å²) < 4.78 is 12.2. The van der Waals surface area contributed by atoms with Gasteiger partial charge in [0.05, 0.1) is 6.67 Å². The predicted octanol–water partition coefficient (Wildman–Crippen LogP) is 1.52. The molecule has 1 fully saturated rings. The molecule has 0 unspecified atom stereocenters. The Morgan fingerprint density at radius 3 is 2.71 bits per heavy atom. The second-order valence-corrected chi connectivity index (χ2v) is 4.08. The van der Waals surface area contributed by atoms with E-state index in [-0.39, 0.29) is 12.6 Å². The van der Waals surface area contributed by atoms with Crippen molar-refractivity contribution < 1.29 is 4.39 Å². The first-order chi connectivity index (χ1) is 6.63. The summed E-state index contributed by atoms with van der Waals surface area (Å²) in [5, 5.41) is 0. The summed E-state index contributed by atoms with van der Waals surface area (Å²) in [6.45, 7) is 6.30. The van der Waals surface area contributed by atoms with Crippen LogP contribution in [0.25, 0.3) is 0 Å². The van der Waals surface area contributed by atoms with Gasteiger partial charge in [0.2, 0.25) is 0 Å². The van der Waals surface area contributed by atoms with Gasteiger partial charge in [0.1, 0.15) is 0 Å². The summed E-state index contributed by atoms with van der Waals surface area (Å²) in [7, 11) is 4.05. The molecular formula is C11H19FN2. The molecule has 1 aliphatic rings. The monoisotopic (exact) mass is 198 g/mol. The first-order valence-electron chi connectivity index (χ1n) is 4.94. The number of nitrogens with zero attached hydrogens (tertiary/aromatic N) is 2. The Morgan fingerprint density at radius 2 is 2.21 bits per heavy atom. The summed E-state index contributed by atoms with van der Waals surface area (Å²) in [4.78, 5) is 4.20. The van der Waals surface area contributed by atoms with Crippen LogP contribution in [0.5, 0.6) is 0 Å². The van der Waals surface area contributed by atoms with Gasteiger partial charge in [-0.25, -0.2) is 0 Å². The SMILES string of the molecule is C=C(/C=C/CN(C)C)N1CC(CF)C1. The average Bonchev–Trinajstić information content (AvgIpc) is 2.01. The largest absolute Gasteiger partial charge is 0.371 e. The van der Waals surface area contributed by atoms with Gasteiger partial charge < -0.3 is 9.80 Å². The first-order valence-corrected chi connectivity index (χ1v) is 4.94. The summed E-state index contributed by atoms with van der Waals surface area (Å²) in [5.74, 6) is 0.231. The number of halogens is 1. The fourth-order valence-electron chi connectivity index (χ4n) is 1.41. The van der Waals surface area contributed by atoms with Gasteiger partial charge in [-0.1, -0.05) is 12.7 Å². The van der Waals surface area contributed by atoms with E-state index in [0.29, 0.717) is 0 Å². The van der Waals surface area contributed by atoms with Crippen molar-refractivity contribution >= 4 is 0 Å². The fraction of sp³-hybridized carbons (Fsp3) is 0.636. The van der Waals surface area contributed by atoms with E-state index < -0.39 is 0 Å². The highest BCUT2D eigenvalue weighted by Gasteiger charge is 2.26. The lowest BCUT2D eigenvalue weighted by molar-refractivity contribution is 0.122. The van der Waals surface area contributed by atoms with E-state index in [2.05, 4.69) is 22.5 Å². The molecule has 0 radical (unpaired) electrons. The Bertz CT molecular complexity index is 217. The molecule has 0 aromatic rings. The van der Waals surface area contributed by atoms with Crippen LogP contribution in [0.15, 0.2) is 24.4 Å². The van der Waals surface area contributed by atoms with Crippen LogP contribution in [0.3, 0.4) is 0 Å². The molecule has 0 atom stereocenters. The normalized spacial score (nSPS) is 17.9. The molecule has 3 heteroatoms. The smallest absolute Gasteiger partial charge is 0.0956 e. The Balaban J connectivity index is 2.20. The Labute approximate surface area is 85.7 Å². The third-order valence-electron chi connectivity index (χ3n) is 2.36.